The Labute approximate surface area is 168 Å². The van der Waals surface area contributed by atoms with Gasteiger partial charge in [0, 0.05) is 11.5 Å². The highest BCUT2D eigenvalue weighted by atomic mass is 32.1. The van der Waals surface area contributed by atoms with E-state index in [1.165, 1.54) is 11.3 Å². The van der Waals surface area contributed by atoms with E-state index in [4.69, 9.17) is 9.26 Å². The number of hydrogen-bond donors (Lipinski definition) is 1. The number of carbonyl (C=O) groups is 1. The molecule has 3 aromatic rings. The maximum Gasteiger partial charge on any atom is 0.257 e. The Morgan fingerprint density at radius 1 is 1.25 bits per heavy atom. The summed E-state index contributed by atoms with van der Waals surface area (Å²) in [7, 11) is 0. The van der Waals surface area contributed by atoms with Gasteiger partial charge < -0.3 is 9.26 Å². The maximum atomic E-state index is 12.6. The van der Waals surface area contributed by atoms with Gasteiger partial charge in [0.15, 0.2) is 0 Å². The SMILES string of the molecule is CCC(CC)c1nnc(NC(=O)c2cccc(OCc3c(C)noc3C)c2)s1. The lowest BCUT2D eigenvalue weighted by atomic mass is 10.1. The number of hydrogen-bond acceptors (Lipinski definition) is 7. The van der Waals surface area contributed by atoms with Crippen molar-refractivity contribution in [3.8, 4) is 5.75 Å². The summed E-state index contributed by atoms with van der Waals surface area (Å²) in [5.41, 5.74) is 2.21. The number of nitrogens with zero attached hydrogens (tertiary/aromatic N) is 3. The molecule has 2 aromatic heterocycles. The summed E-state index contributed by atoms with van der Waals surface area (Å²) in [6.07, 6.45) is 2.01. The van der Waals surface area contributed by atoms with Crippen molar-refractivity contribution in [3.05, 3.63) is 51.9 Å². The number of amides is 1. The molecule has 8 heteroatoms. The highest BCUT2D eigenvalue weighted by Gasteiger charge is 2.16. The normalized spacial score (nSPS) is 11.0. The predicted octanol–water partition coefficient (Wildman–Crippen LogP) is 4.88. The number of nitrogens with one attached hydrogen (secondary N) is 1. The van der Waals surface area contributed by atoms with E-state index < -0.39 is 0 Å². The van der Waals surface area contributed by atoms with Crippen LogP contribution >= 0.6 is 11.3 Å². The summed E-state index contributed by atoms with van der Waals surface area (Å²) in [5.74, 6) is 1.47. The van der Waals surface area contributed by atoms with Gasteiger partial charge in [-0.1, -0.05) is 36.4 Å². The first-order valence-corrected chi connectivity index (χ1v) is 10.1. The zero-order chi connectivity index (χ0) is 20.1. The summed E-state index contributed by atoms with van der Waals surface area (Å²) in [4.78, 5) is 12.6. The molecule has 0 saturated heterocycles. The molecule has 0 bridgehead atoms. The molecule has 0 spiro atoms. The van der Waals surface area contributed by atoms with Crippen LogP contribution in [0.5, 0.6) is 5.75 Å². The zero-order valence-corrected chi connectivity index (χ0v) is 17.3. The summed E-state index contributed by atoms with van der Waals surface area (Å²) in [6, 6.07) is 7.04. The van der Waals surface area contributed by atoms with Crippen molar-refractivity contribution in [2.24, 2.45) is 0 Å². The lowest BCUT2D eigenvalue weighted by molar-refractivity contribution is 0.102. The quantitative estimate of drug-likeness (QED) is 0.580. The molecule has 0 unspecified atom stereocenters. The fraction of sp³-hybridized carbons (Fsp3) is 0.400. The van der Waals surface area contributed by atoms with Gasteiger partial charge in [-0.3, -0.25) is 10.1 Å². The smallest absolute Gasteiger partial charge is 0.257 e. The van der Waals surface area contributed by atoms with Crippen LogP contribution < -0.4 is 10.1 Å². The van der Waals surface area contributed by atoms with E-state index in [1.807, 2.05) is 19.9 Å². The van der Waals surface area contributed by atoms with Gasteiger partial charge in [0.25, 0.3) is 5.91 Å². The Balaban J connectivity index is 1.65. The van der Waals surface area contributed by atoms with Crippen LogP contribution in [0, 0.1) is 13.8 Å². The molecule has 0 aliphatic carbocycles. The first-order chi connectivity index (χ1) is 13.5. The number of ether oxygens (including phenoxy) is 1. The van der Waals surface area contributed by atoms with E-state index in [0.29, 0.717) is 29.0 Å². The number of rotatable bonds is 8. The first kappa shape index (κ1) is 20.0. The average molecular weight is 401 g/mol. The van der Waals surface area contributed by atoms with Crippen molar-refractivity contribution in [2.45, 2.75) is 53.1 Å². The third-order valence-corrected chi connectivity index (χ3v) is 5.66. The molecule has 148 valence electrons. The summed E-state index contributed by atoms with van der Waals surface area (Å²) >= 11 is 1.43. The van der Waals surface area contributed by atoms with Crippen LogP contribution in [0.25, 0.3) is 0 Å². The van der Waals surface area contributed by atoms with Crippen molar-refractivity contribution in [1.82, 2.24) is 15.4 Å². The molecule has 1 N–H and O–H groups in total. The molecule has 3 rings (SSSR count). The van der Waals surface area contributed by atoms with Crippen molar-refractivity contribution < 1.29 is 14.1 Å². The van der Waals surface area contributed by atoms with Gasteiger partial charge in [-0.15, -0.1) is 10.2 Å². The first-order valence-electron chi connectivity index (χ1n) is 9.31. The summed E-state index contributed by atoms with van der Waals surface area (Å²) < 4.78 is 11.0. The molecule has 0 aliphatic rings. The Morgan fingerprint density at radius 2 is 2.04 bits per heavy atom. The van der Waals surface area contributed by atoms with Gasteiger partial charge in [-0.25, -0.2) is 0 Å². The van der Waals surface area contributed by atoms with Crippen LogP contribution in [0.1, 0.15) is 65.0 Å². The second-order valence-corrected chi connectivity index (χ2v) is 7.54. The van der Waals surface area contributed by atoms with Crippen LogP contribution in [-0.2, 0) is 6.61 Å². The molecule has 1 aromatic carbocycles. The van der Waals surface area contributed by atoms with Crippen molar-refractivity contribution >= 4 is 22.4 Å². The monoisotopic (exact) mass is 400 g/mol. The third-order valence-electron chi connectivity index (χ3n) is 4.66. The maximum absolute atomic E-state index is 12.6. The summed E-state index contributed by atoms with van der Waals surface area (Å²) in [5, 5.41) is 16.5. The van der Waals surface area contributed by atoms with Gasteiger partial charge >= 0.3 is 0 Å². The topological polar surface area (TPSA) is 90.1 Å². The van der Waals surface area contributed by atoms with Gasteiger partial charge in [-0.2, -0.15) is 0 Å². The highest BCUT2D eigenvalue weighted by Crippen LogP contribution is 2.28. The van der Waals surface area contributed by atoms with E-state index in [0.717, 1.165) is 34.9 Å². The van der Waals surface area contributed by atoms with Gasteiger partial charge in [0.1, 0.15) is 23.1 Å². The fourth-order valence-corrected chi connectivity index (χ4v) is 3.85. The summed E-state index contributed by atoms with van der Waals surface area (Å²) in [6.45, 7) is 8.31. The molecule has 1 amide bonds. The second kappa shape index (κ2) is 8.97. The minimum atomic E-state index is -0.241. The van der Waals surface area contributed by atoms with Crippen LogP contribution in [0.15, 0.2) is 28.8 Å². The van der Waals surface area contributed by atoms with Crippen LogP contribution in [0.4, 0.5) is 5.13 Å². The number of anilines is 1. The minimum absolute atomic E-state index is 0.241. The largest absolute Gasteiger partial charge is 0.489 e. The highest BCUT2D eigenvalue weighted by molar-refractivity contribution is 7.15. The molecule has 0 saturated carbocycles. The molecular formula is C20H24N4O3S. The van der Waals surface area contributed by atoms with Crippen LogP contribution in [0.3, 0.4) is 0 Å². The van der Waals surface area contributed by atoms with Crippen LogP contribution in [0.2, 0.25) is 0 Å². The van der Waals surface area contributed by atoms with E-state index >= 15 is 0 Å². The van der Waals surface area contributed by atoms with E-state index in [-0.39, 0.29) is 5.91 Å². The van der Waals surface area contributed by atoms with Crippen molar-refractivity contribution in [3.63, 3.8) is 0 Å². The zero-order valence-electron chi connectivity index (χ0n) is 16.5. The standard InChI is InChI=1S/C20H24N4O3S/c1-5-14(6-2)19-22-23-20(28-19)21-18(25)15-8-7-9-16(10-15)26-11-17-12(3)24-27-13(17)4/h7-10,14H,5-6,11H2,1-4H3,(H,21,23,25). The molecule has 0 atom stereocenters. The van der Waals surface area contributed by atoms with E-state index in [1.54, 1.807) is 18.2 Å². The van der Waals surface area contributed by atoms with E-state index in [2.05, 4.69) is 34.5 Å². The molecule has 0 fully saturated rings. The Morgan fingerprint density at radius 3 is 2.71 bits per heavy atom. The molecule has 2 heterocycles. The minimum Gasteiger partial charge on any atom is -0.489 e. The fourth-order valence-electron chi connectivity index (χ4n) is 2.85. The van der Waals surface area contributed by atoms with Gasteiger partial charge in [0.05, 0.1) is 11.3 Å². The van der Waals surface area contributed by atoms with Gasteiger partial charge in [0.2, 0.25) is 5.13 Å². The van der Waals surface area contributed by atoms with E-state index in [9.17, 15) is 4.79 Å². The number of carbonyl (C=O) groups excluding carboxylic acids is 1. The Hall–Kier alpha value is -2.74. The van der Waals surface area contributed by atoms with Crippen LogP contribution in [-0.4, -0.2) is 21.3 Å². The third kappa shape index (κ3) is 4.56. The van der Waals surface area contributed by atoms with Crippen molar-refractivity contribution in [1.29, 1.82) is 0 Å². The lowest BCUT2D eigenvalue weighted by Gasteiger charge is -2.08. The second-order valence-electron chi connectivity index (χ2n) is 6.53. The molecule has 7 nitrogen and oxygen atoms in total. The number of benzene rings is 1. The Kier molecular flexibility index (Phi) is 6.41. The number of aryl methyl sites for hydroxylation is 2. The predicted molar refractivity (Wildman–Crippen MR) is 108 cm³/mol. The van der Waals surface area contributed by atoms with Gasteiger partial charge in [-0.05, 0) is 44.9 Å². The average Bonchev–Trinajstić information content (AvgIpc) is 3.28. The lowest BCUT2D eigenvalue weighted by Crippen LogP contribution is -2.11. The molecular weight excluding hydrogens is 376 g/mol. The molecule has 28 heavy (non-hydrogen) atoms. The Bertz CT molecular complexity index is 927. The molecule has 0 aliphatic heterocycles. The number of aromatic nitrogens is 3. The molecule has 0 radical (unpaired) electrons. The van der Waals surface area contributed by atoms with Crippen molar-refractivity contribution in [2.75, 3.05) is 5.32 Å².